The molecule has 0 spiro atoms. The Kier molecular flexibility index (Phi) is 8.90. The van der Waals surface area contributed by atoms with E-state index in [2.05, 4.69) is 36.4 Å². The summed E-state index contributed by atoms with van der Waals surface area (Å²) < 4.78 is 7.65. The largest absolute Gasteiger partial charge is 0.371 e. The van der Waals surface area contributed by atoms with Crippen molar-refractivity contribution < 1.29 is 4.74 Å². The van der Waals surface area contributed by atoms with Crippen molar-refractivity contribution in [2.24, 2.45) is 0 Å². The Labute approximate surface area is 128 Å². The van der Waals surface area contributed by atoms with Crippen LogP contribution in [-0.4, -0.2) is 16.1 Å². The van der Waals surface area contributed by atoms with Gasteiger partial charge >= 0.3 is 0 Å². The molecule has 0 aromatic carbocycles. The first-order valence-electron chi connectivity index (χ1n) is 7.96. The molecule has 1 unspecified atom stereocenters. The SMILES string of the molecule is CCCCCCC(C)OC1(CI)CCCCCC1. The summed E-state index contributed by atoms with van der Waals surface area (Å²) >= 11 is 2.54. The van der Waals surface area contributed by atoms with Crippen LogP contribution in [0.3, 0.4) is 0 Å². The van der Waals surface area contributed by atoms with Gasteiger partial charge in [-0.25, -0.2) is 0 Å². The molecule has 108 valence electrons. The van der Waals surface area contributed by atoms with E-state index in [9.17, 15) is 0 Å². The molecule has 1 fully saturated rings. The molecule has 1 aliphatic rings. The fourth-order valence-electron chi connectivity index (χ4n) is 3.00. The van der Waals surface area contributed by atoms with Crippen molar-refractivity contribution in [2.45, 2.75) is 96.2 Å². The van der Waals surface area contributed by atoms with Crippen molar-refractivity contribution in [1.29, 1.82) is 0 Å². The van der Waals surface area contributed by atoms with Crippen molar-refractivity contribution in [3.8, 4) is 0 Å². The van der Waals surface area contributed by atoms with Crippen LogP contribution in [0.15, 0.2) is 0 Å². The molecule has 2 heteroatoms. The van der Waals surface area contributed by atoms with Gasteiger partial charge in [-0.2, -0.15) is 0 Å². The standard InChI is InChI=1S/C16H31IO/c1-3-4-5-8-11-15(2)18-16(14-17)12-9-6-7-10-13-16/h15H,3-14H2,1-2H3. The molecule has 1 nitrogen and oxygen atoms in total. The first-order chi connectivity index (χ1) is 8.72. The van der Waals surface area contributed by atoms with Crippen LogP contribution in [0.25, 0.3) is 0 Å². The van der Waals surface area contributed by atoms with Gasteiger partial charge < -0.3 is 4.74 Å². The molecule has 1 atom stereocenters. The van der Waals surface area contributed by atoms with Crippen molar-refractivity contribution in [3.63, 3.8) is 0 Å². The number of hydrogen-bond donors (Lipinski definition) is 0. The van der Waals surface area contributed by atoms with Crippen LogP contribution in [0, 0.1) is 0 Å². The fraction of sp³-hybridized carbons (Fsp3) is 1.00. The third-order valence-electron chi connectivity index (χ3n) is 4.17. The number of alkyl halides is 1. The minimum absolute atomic E-state index is 0.210. The number of rotatable bonds is 8. The molecular weight excluding hydrogens is 335 g/mol. The van der Waals surface area contributed by atoms with E-state index < -0.39 is 0 Å². The van der Waals surface area contributed by atoms with E-state index in [-0.39, 0.29) is 5.60 Å². The smallest absolute Gasteiger partial charge is 0.0775 e. The second kappa shape index (κ2) is 9.57. The Bertz CT molecular complexity index is 197. The van der Waals surface area contributed by atoms with E-state index >= 15 is 0 Å². The molecule has 0 bridgehead atoms. The maximum atomic E-state index is 6.48. The molecule has 0 amide bonds. The first-order valence-corrected chi connectivity index (χ1v) is 9.49. The molecule has 0 saturated heterocycles. The molecule has 18 heavy (non-hydrogen) atoms. The van der Waals surface area contributed by atoms with Gasteiger partial charge in [0.25, 0.3) is 0 Å². The number of halogens is 1. The minimum Gasteiger partial charge on any atom is -0.371 e. The van der Waals surface area contributed by atoms with Crippen molar-refractivity contribution in [1.82, 2.24) is 0 Å². The van der Waals surface area contributed by atoms with Gasteiger partial charge in [0.1, 0.15) is 0 Å². The quantitative estimate of drug-likeness (QED) is 0.225. The second-order valence-corrected chi connectivity index (χ2v) is 6.77. The summed E-state index contributed by atoms with van der Waals surface area (Å²) in [6.07, 6.45) is 15.2. The Morgan fingerprint density at radius 2 is 1.72 bits per heavy atom. The van der Waals surface area contributed by atoms with E-state index in [4.69, 9.17) is 4.74 Å². The van der Waals surface area contributed by atoms with E-state index in [0.717, 1.165) is 0 Å². The van der Waals surface area contributed by atoms with Gasteiger partial charge in [-0.1, -0.05) is 80.9 Å². The molecule has 0 heterocycles. The maximum Gasteiger partial charge on any atom is 0.0775 e. The highest BCUT2D eigenvalue weighted by Gasteiger charge is 2.32. The topological polar surface area (TPSA) is 9.23 Å². The lowest BCUT2D eigenvalue weighted by molar-refractivity contribution is -0.0818. The lowest BCUT2D eigenvalue weighted by atomic mass is 9.96. The molecule has 0 aromatic heterocycles. The Morgan fingerprint density at radius 3 is 2.28 bits per heavy atom. The lowest BCUT2D eigenvalue weighted by Crippen LogP contribution is -2.37. The average molecular weight is 366 g/mol. The van der Waals surface area contributed by atoms with Gasteiger partial charge in [-0.15, -0.1) is 0 Å². The van der Waals surface area contributed by atoms with Crippen LogP contribution in [-0.2, 0) is 4.74 Å². The van der Waals surface area contributed by atoms with Gasteiger partial charge in [0.2, 0.25) is 0 Å². The summed E-state index contributed by atoms with van der Waals surface area (Å²) in [7, 11) is 0. The zero-order chi connectivity index (χ0) is 13.3. The highest BCUT2D eigenvalue weighted by molar-refractivity contribution is 14.1. The zero-order valence-electron chi connectivity index (χ0n) is 12.3. The molecular formula is C16H31IO. The van der Waals surface area contributed by atoms with Gasteiger partial charge in [0.05, 0.1) is 11.7 Å². The highest BCUT2D eigenvalue weighted by Crippen LogP contribution is 2.34. The Hall–Kier alpha value is 0.690. The van der Waals surface area contributed by atoms with E-state index in [1.54, 1.807) is 0 Å². The number of hydrogen-bond acceptors (Lipinski definition) is 1. The van der Waals surface area contributed by atoms with Gasteiger partial charge in [0.15, 0.2) is 0 Å². The van der Waals surface area contributed by atoms with Crippen molar-refractivity contribution >= 4 is 22.6 Å². The normalized spacial score (nSPS) is 21.5. The average Bonchev–Trinajstić information content (AvgIpc) is 2.61. The Morgan fingerprint density at radius 1 is 1.06 bits per heavy atom. The third-order valence-corrected chi connectivity index (χ3v) is 5.56. The van der Waals surface area contributed by atoms with E-state index in [0.29, 0.717) is 6.10 Å². The summed E-state index contributed by atoms with van der Waals surface area (Å²) in [5.74, 6) is 0. The highest BCUT2D eigenvalue weighted by atomic mass is 127. The van der Waals surface area contributed by atoms with Gasteiger partial charge in [-0.05, 0) is 26.2 Å². The second-order valence-electron chi connectivity index (χ2n) is 6.01. The van der Waals surface area contributed by atoms with Crippen molar-refractivity contribution in [3.05, 3.63) is 0 Å². The summed E-state index contributed by atoms with van der Waals surface area (Å²) in [6, 6.07) is 0. The predicted molar refractivity (Wildman–Crippen MR) is 88.6 cm³/mol. The summed E-state index contributed by atoms with van der Waals surface area (Å²) in [6.45, 7) is 4.56. The zero-order valence-corrected chi connectivity index (χ0v) is 14.5. The van der Waals surface area contributed by atoms with Gasteiger partial charge in [0, 0.05) is 4.43 Å². The maximum absolute atomic E-state index is 6.48. The van der Waals surface area contributed by atoms with E-state index in [1.807, 2.05) is 0 Å². The van der Waals surface area contributed by atoms with Crippen LogP contribution in [0.2, 0.25) is 0 Å². The molecule has 1 saturated carbocycles. The number of unbranched alkanes of at least 4 members (excludes halogenated alkanes) is 3. The third kappa shape index (κ3) is 6.23. The minimum atomic E-state index is 0.210. The van der Waals surface area contributed by atoms with E-state index in [1.165, 1.54) is 75.1 Å². The summed E-state index contributed by atoms with van der Waals surface area (Å²) in [5, 5.41) is 0. The number of ether oxygens (including phenoxy) is 1. The molecule has 0 radical (unpaired) electrons. The van der Waals surface area contributed by atoms with Gasteiger partial charge in [-0.3, -0.25) is 0 Å². The van der Waals surface area contributed by atoms with Crippen LogP contribution < -0.4 is 0 Å². The first kappa shape index (κ1) is 16.7. The molecule has 0 N–H and O–H groups in total. The van der Waals surface area contributed by atoms with Crippen LogP contribution >= 0.6 is 22.6 Å². The fourth-order valence-corrected chi connectivity index (χ4v) is 3.94. The summed E-state index contributed by atoms with van der Waals surface area (Å²) in [4.78, 5) is 0. The van der Waals surface area contributed by atoms with Crippen LogP contribution in [0.5, 0.6) is 0 Å². The molecule has 0 aromatic rings. The Balaban J connectivity index is 2.31. The molecule has 1 rings (SSSR count). The molecule has 1 aliphatic carbocycles. The predicted octanol–water partition coefficient (Wildman–Crippen LogP) is 5.89. The van der Waals surface area contributed by atoms with Crippen LogP contribution in [0.4, 0.5) is 0 Å². The monoisotopic (exact) mass is 366 g/mol. The molecule has 0 aliphatic heterocycles. The van der Waals surface area contributed by atoms with Crippen molar-refractivity contribution in [2.75, 3.05) is 4.43 Å². The summed E-state index contributed by atoms with van der Waals surface area (Å²) in [5.41, 5.74) is 0.210. The lowest BCUT2D eigenvalue weighted by Gasteiger charge is -2.34. The van der Waals surface area contributed by atoms with Crippen LogP contribution in [0.1, 0.15) is 84.5 Å².